The van der Waals surface area contributed by atoms with Gasteiger partial charge in [0.2, 0.25) is 0 Å². The lowest BCUT2D eigenvalue weighted by Gasteiger charge is -2.14. The van der Waals surface area contributed by atoms with Gasteiger partial charge in [-0.3, -0.25) is 9.69 Å². The molecule has 1 N–H and O–H groups in total. The number of carbonyl (C=O) groups is 1. The van der Waals surface area contributed by atoms with Crippen molar-refractivity contribution in [2.24, 2.45) is 0 Å². The van der Waals surface area contributed by atoms with E-state index >= 15 is 0 Å². The molecule has 0 atom stereocenters. The van der Waals surface area contributed by atoms with E-state index in [0.29, 0.717) is 17.3 Å². The van der Waals surface area contributed by atoms with Crippen LogP contribution in [0.5, 0.6) is 0 Å². The molecule has 1 aliphatic heterocycles. The second-order valence-electron chi connectivity index (χ2n) is 6.98. The first kappa shape index (κ1) is 18.7. The first-order valence-corrected chi connectivity index (χ1v) is 9.82. The molecule has 1 aliphatic rings. The van der Waals surface area contributed by atoms with Gasteiger partial charge < -0.3 is 5.32 Å². The molecule has 0 radical (unpaired) electrons. The lowest BCUT2D eigenvalue weighted by Crippen LogP contribution is -2.23. The van der Waals surface area contributed by atoms with Crippen LogP contribution in [0.2, 0.25) is 5.02 Å². The summed E-state index contributed by atoms with van der Waals surface area (Å²) < 4.78 is 1.50. The Hall–Kier alpha value is -2.70. The topological polar surface area (TPSA) is 63.1 Å². The molecule has 1 aromatic heterocycles. The van der Waals surface area contributed by atoms with Crippen molar-refractivity contribution in [2.75, 3.05) is 13.1 Å². The fraction of sp³-hybridized carbons (Fsp3) is 0.286. The molecule has 1 saturated heterocycles. The van der Waals surface area contributed by atoms with Crippen molar-refractivity contribution < 1.29 is 4.79 Å². The van der Waals surface area contributed by atoms with E-state index in [-0.39, 0.29) is 11.6 Å². The normalized spacial score (nSPS) is 14.3. The van der Waals surface area contributed by atoms with Gasteiger partial charge in [0.15, 0.2) is 5.69 Å². The largest absolute Gasteiger partial charge is 0.347 e. The van der Waals surface area contributed by atoms with Crippen LogP contribution in [0, 0.1) is 0 Å². The van der Waals surface area contributed by atoms with E-state index in [4.69, 9.17) is 11.6 Å². The van der Waals surface area contributed by atoms with Crippen LogP contribution in [0.4, 0.5) is 0 Å². The molecule has 1 amide bonds. The Morgan fingerprint density at radius 3 is 2.50 bits per heavy atom. The molecule has 0 saturated carbocycles. The predicted molar refractivity (Wildman–Crippen MR) is 108 cm³/mol. The Morgan fingerprint density at radius 2 is 1.75 bits per heavy atom. The Labute approximate surface area is 169 Å². The number of amides is 1. The van der Waals surface area contributed by atoms with Gasteiger partial charge in [-0.15, -0.1) is 5.10 Å². The molecule has 28 heavy (non-hydrogen) atoms. The molecule has 6 nitrogen and oxygen atoms in total. The number of aromatic nitrogens is 3. The average Bonchev–Trinajstić information content (AvgIpc) is 3.40. The Morgan fingerprint density at radius 1 is 1.04 bits per heavy atom. The Kier molecular flexibility index (Phi) is 5.69. The summed E-state index contributed by atoms with van der Waals surface area (Å²) in [6.07, 6.45) is 4.17. The lowest BCUT2D eigenvalue weighted by atomic mass is 10.1. The maximum absolute atomic E-state index is 12.4. The SMILES string of the molecule is O=C(NCc1ccc(CN2CCCC2)cc1)c1cn(-c2ccccc2Cl)nn1. The van der Waals surface area contributed by atoms with Gasteiger partial charge >= 0.3 is 0 Å². The van der Waals surface area contributed by atoms with Crippen LogP contribution in [0.1, 0.15) is 34.5 Å². The Bertz CT molecular complexity index is 947. The third-order valence-electron chi connectivity index (χ3n) is 4.91. The van der Waals surface area contributed by atoms with Crippen LogP contribution in [0.25, 0.3) is 5.69 Å². The van der Waals surface area contributed by atoms with Crippen LogP contribution in [-0.4, -0.2) is 38.9 Å². The van der Waals surface area contributed by atoms with Crippen molar-refractivity contribution in [3.8, 4) is 5.69 Å². The van der Waals surface area contributed by atoms with Gasteiger partial charge in [0.05, 0.1) is 16.9 Å². The number of halogens is 1. The van der Waals surface area contributed by atoms with Gasteiger partial charge in [-0.05, 0) is 49.2 Å². The monoisotopic (exact) mass is 395 g/mol. The van der Waals surface area contributed by atoms with Crippen LogP contribution >= 0.6 is 11.6 Å². The van der Waals surface area contributed by atoms with Crippen molar-refractivity contribution in [1.29, 1.82) is 0 Å². The van der Waals surface area contributed by atoms with Gasteiger partial charge in [0.1, 0.15) is 0 Å². The van der Waals surface area contributed by atoms with Crippen LogP contribution in [-0.2, 0) is 13.1 Å². The standard InChI is InChI=1S/C21H22ClN5O/c22-18-5-1-2-6-20(18)27-15-19(24-25-27)21(28)23-13-16-7-9-17(10-8-16)14-26-11-3-4-12-26/h1-2,5-10,15H,3-4,11-14H2,(H,23,28). The van der Waals surface area contributed by atoms with Gasteiger partial charge in [-0.25, -0.2) is 4.68 Å². The number of likely N-dealkylation sites (tertiary alicyclic amines) is 1. The highest BCUT2D eigenvalue weighted by Crippen LogP contribution is 2.18. The summed E-state index contributed by atoms with van der Waals surface area (Å²) in [5, 5.41) is 11.4. The van der Waals surface area contributed by atoms with E-state index in [0.717, 1.165) is 12.1 Å². The highest BCUT2D eigenvalue weighted by atomic mass is 35.5. The lowest BCUT2D eigenvalue weighted by molar-refractivity contribution is 0.0946. The van der Waals surface area contributed by atoms with Gasteiger partial charge in [-0.2, -0.15) is 0 Å². The summed E-state index contributed by atoms with van der Waals surface area (Å²) >= 11 is 6.16. The fourth-order valence-corrected chi connectivity index (χ4v) is 3.58. The zero-order chi connectivity index (χ0) is 19.3. The molecule has 0 spiro atoms. The number of rotatable bonds is 6. The second kappa shape index (κ2) is 8.54. The maximum Gasteiger partial charge on any atom is 0.273 e. The van der Waals surface area contributed by atoms with Crippen molar-refractivity contribution in [3.05, 3.63) is 76.6 Å². The number of benzene rings is 2. The molecular formula is C21H22ClN5O. The van der Waals surface area contributed by atoms with Gasteiger partial charge in [-0.1, -0.05) is 53.2 Å². The molecule has 4 rings (SSSR count). The molecule has 1 fully saturated rings. The van der Waals surface area contributed by atoms with Crippen LogP contribution in [0.15, 0.2) is 54.7 Å². The first-order valence-electron chi connectivity index (χ1n) is 9.45. The number of hydrogen-bond donors (Lipinski definition) is 1. The highest BCUT2D eigenvalue weighted by molar-refractivity contribution is 6.32. The molecule has 0 aliphatic carbocycles. The molecule has 0 bridgehead atoms. The van der Waals surface area contributed by atoms with E-state index in [9.17, 15) is 4.79 Å². The molecule has 3 aromatic rings. The third kappa shape index (κ3) is 4.40. The number of nitrogens with zero attached hydrogens (tertiary/aromatic N) is 4. The first-order chi connectivity index (χ1) is 13.7. The minimum Gasteiger partial charge on any atom is -0.347 e. The summed E-state index contributed by atoms with van der Waals surface area (Å²) in [5.74, 6) is -0.264. The number of carbonyl (C=O) groups excluding carboxylic acids is 1. The van der Waals surface area contributed by atoms with E-state index in [1.807, 2.05) is 18.2 Å². The smallest absolute Gasteiger partial charge is 0.273 e. The number of nitrogens with one attached hydrogen (secondary N) is 1. The van der Waals surface area contributed by atoms with Crippen molar-refractivity contribution in [3.63, 3.8) is 0 Å². The summed E-state index contributed by atoms with van der Waals surface area (Å²) in [5.41, 5.74) is 3.30. The quantitative estimate of drug-likeness (QED) is 0.694. The Balaban J connectivity index is 1.33. The zero-order valence-electron chi connectivity index (χ0n) is 15.5. The van der Waals surface area contributed by atoms with Gasteiger partial charge in [0.25, 0.3) is 5.91 Å². The highest BCUT2D eigenvalue weighted by Gasteiger charge is 2.13. The van der Waals surface area contributed by atoms with E-state index in [1.165, 1.54) is 36.2 Å². The van der Waals surface area contributed by atoms with E-state index in [1.54, 1.807) is 12.3 Å². The summed E-state index contributed by atoms with van der Waals surface area (Å²) in [4.78, 5) is 14.8. The van der Waals surface area contributed by atoms with Crippen molar-refractivity contribution in [2.45, 2.75) is 25.9 Å². The maximum atomic E-state index is 12.4. The predicted octanol–water partition coefficient (Wildman–Crippen LogP) is 3.45. The molecule has 0 unspecified atom stereocenters. The zero-order valence-corrected chi connectivity index (χ0v) is 16.3. The third-order valence-corrected chi connectivity index (χ3v) is 5.23. The molecular weight excluding hydrogens is 374 g/mol. The average molecular weight is 396 g/mol. The summed E-state index contributed by atoms with van der Waals surface area (Å²) in [6, 6.07) is 15.7. The number of hydrogen-bond acceptors (Lipinski definition) is 4. The molecule has 2 heterocycles. The van der Waals surface area contributed by atoms with Crippen molar-refractivity contribution in [1.82, 2.24) is 25.2 Å². The van der Waals surface area contributed by atoms with Crippen LogP contribution < -0.4 is 5.32 Å². The van der Waals surface area contributed by atoms with E-state index in [2.05, 4.69) is 44.8 Å². The van der Waals surface area contributed by atoms with Gasteiger partial charge in [0, 0.05) is 13.1 Å². The molecule has 144 valence electrons. The second-order valence-corrected chi connectivity index (χ2v) is 7.39. The molecule has 2 aromatic carbocycles. The summed E-state index contributed by atoms with van der Waals surface area (Å²) in [7, 11) is 0. The fourth-order valence-electron chi connectivity index (χ4n) is 3.36. The van der Waals surface area contributed by atoms with Crippen molar-refractivity contribution >= 4 is 17.5 Å². The van der Waals surface area contributed by atoms with E-state index < -0.39 is 0 Å². The summed E-state index contributed by atoms with van der Waals surface area (Å²) in [6.45, 7) is 3.82. The van der Waals surface area contributed by atoms with Crippen LogP contribution in [0.3, 0.4) is 0 Å². The molecule has 7 heteroatoms. The minimum absolute atomic E-state index is 0.255. The number of para-hydroxylation sites is 1. The minimum atomic E-state index is -0.264.